The first-order valence-electron chi connectivity index (χ1n) is 9.00. The van der Waals surface area contributed by atoms with Crippen LogP contribution in [-0.2, 0) is 13.0 Å². The van der Waals surface area contributed by atoms with Crippen LogP contribution in [0.15, 0.2) is 18.2 Å². The van der Waals surface area contributed by atoms with Crippen molar-refractivity contribution in [3.63, 3.8) is 0 Å². The molecule has 1 aliphatic rings. The molecule has 3 rings (SSSR count). The number of H-pyrrole nitrogens is 1. The molecule has 2 N–H and O–H groups in total. The van der Waals surface area contributed by atoms with Gasteiger partial charge in [0, 0.05) is 36.3 Å². The van der Waals surface area contributed by atoms with Crippen LogP contribution in [0.2, 0.25) is 0 Å². The van der Waals surface area contributed by atoms with Gasteiger partial charge in [0.25, 0.3) is 0 Å². The fraction of sp³-hybridized carbons (Fsp3) is 0.526. The van der Waals surface area contributed by atoms with Crippen LogP contribution in [0.4, 0.5) is 0 Å². The number of nitrogens with one attached hydrogen (secondary N) is 2. The maximum Gasteiger partial charge on any atom is 0.161 e. The van der Waals surface area contributed by atoms with E-state index in [-0.39, 0.29) is 0 Å². The Kier molecular flexibility index (Phi) is 5.75. The predicted molar refractivity (Wildman–Crippen MR) is 95.6 cm³/mol. The van der Waals surface area contributed by atoms with E-state index in [1.54, 1.807) is 0 Å². The minimum atomic E-state index is 0.620. The number of rotatable bonds is 8. The highest BCUT2D eigenvalue weighted by atomic mass is 16.5. The number of aromatic amines is 1. The molecule has 1 aliphatic heterocycles. The van der Waals surface area contributed by atoms with Crippen molar-refractivity contribution in [3.05, 3.63) is 29.5 Å². The molecule has 5 heteroatoms. The Morgan fingerprint density at radius 3 is 2.88 bits per heavy atom. The van der Waals surface area contributed by atoms with E-state index in [9.17, 15) is 0 Å². The summed E-state index contributed by atoms with van der Waals surface area (Å²) in [6.45, 7) is 7.40. The number of ether oxygens (including phenoxy) is 2. The summed E-state index contributed by atoms with van der Waals surface area (Å²) in [6, 6.07) is 6.12. The maximum atomic E-state index is 5.91. The van der Waals surface area contributed by atoms with Crippen molar-refractivity contribution in [2.24, 2.45) is 0 Å². The molecule has 0 aliphatic carbocycles. The molecule has 2 heterocycles. The zero-order chi connectivity index (χ0) is 16.8. The van der Waals surface area contributed by atoms with Crippen LogP contribution >= 0.6 is 0 Å². The number of hydrogen-bond acceptors (Lipinski definition) is 4. The third-order valence-corrected chi connectivity index (χ3v) is 4.33. The standard InChI is InChI=1S/C19H27N3O2/c1-3-5-6-11-24-17-8-7-14(12-18(17)23-4-2)19-15-13-20-10-9-16(15)21-22-19/h7-8,12,20H,3-6,9-11,13H2,1-2H3,(H,21,22). The SMILES string of the molecule is CCCCCOc1ccc(-c2n[nH]c3c2CNCC3)cc1OCC. The molecule has 0 radical (unpaired) electrons. The highest BCUT2D eigenvalue weighted by molar-refractivity contribution is 5.68. The number of benzene rings is 1. The quantitative estimate of drug-likeness (QED) is 0.725. The van der Waals surface area contributed by atoms with Gasteiger partial charge in [-0.15, -0.1) is 0 Å². The second-order valence-corrected chi connectivity index (χ2v) is 6.11. The zero-order valence-electron chi connectivity index (χ0n) is 14.7. The molecule has 2 aromatic rings. The van der Waals surface area contributed by atoms with Crippen molar-refractivity contribution < 1.29 is 9.47 Å². The molecule has 0 bridgehead atoms. The van der Waals surface area contributed by atoms with Crippen molar-refractivity contribution in [1.82, 2.24) is 15.5 Å². The lowest BCUT2D eigenvalue weighted by Crippen LogP contribution is -2.23. The van der Waals surface area contributed by atoms with E-state index >= 15 is 0 Å². The summed E-state index contributed by atoms with van der Waals surface area (Å²) in [6.07, 6.45) is 4.45. The van der Waals surface area contributed by atoms with Gasteiger partial charge < -0.3 is 14.8 Å². The van der Waals surface area contributed by atoms with Crippen LogP contribution < -0.4 is 14.8 Å². The highest BCUT2D eigenvalue weighted by Crippen LogP contribution is 2.34. The second-order valence-electron chi connectivity index (χ2n) is 6.11. The Bertz CT molecular complexity index is 667. The van der Waals surface area contributed by atoms with Crippen LogP contribution in [0.1, 0.15) is 44.4 Å². The normalized spacial score (nSPS) is 13.6. The highest BCUT2D eigenvalue weighted by Gasteiger charge is 2.19. The summed E-state index contributed by atoms with van der Waals surface area (Å²) < 4.78 is 11.7. The Labute approximate surface area is 143 Å². The van der Waals surface area contributed by atoms with Gasteiger partial charge in [0.1, 0.15) is 0 Å². The molecule has 24 heavy (non-hydrogen) atoms. The van der Waals surface area contributed by atoms with Gasteiger partial charge in [0.05, 0.1) is 18.9 Å². The number of unbranched alkanes of at least 4 members (excludes halogenated alkanes) is 2. The van der Waals surface area contributed by atoms with E-state index in [4.69, 9.17) is 9.47 Å². The lowest BCUT2D eigenvalue weighted by Gasteiger charge is -2.15. The van der Waals surface area contributed by atoms with Crippen molar-refractivity contribution in [2.75, 3.05) is 19.8 Å². The second kappa shape index (κ2) is 8.20. The molecule has 0 saturated heterocycles. The third kappa shape index (κ3) is 3.73. The van der Waals surface area contributed by atoms with E-state index in [1.807, 2.05) is 19.1 Å². The summed E-state index contributed by atoms with van der Waals surface area (Å²) >= 11 is 0. The van der Waals surface area contributed by atoms with Crippen LogP contribution in [-0.4, -0.2) is 30.0 Å². The van der Waals surface area contributed by atoms with E-state index < -0.39 is 0 Å². The Balaban J connectivity index is 1.82. The average molecular weight is 329 g/mol. The summed E-state index contributed by atoms with van der Waals surface area (Å²) in [5.41, 5.74) is 4.58. The van der Waals surface area contributed by atoms with Gasteiger partial charge in [-0.05, 0) is 31.5 Å². The minimum absolute atomic E-state index is 0.620. The summed E-state index contributed by atoms with van der Waals surface area (Å²) in [7, 11) is 0. The van der Waals surface area contributed by atoms with Gasteiger partial charge in [0.15, 0.2) is 11.5 Å². The Hall–Kier alpha value is -2.01. The van der Waals surface area contributed by atoms with Gasteiger partial charge in [-0.25, -0.2) is 0 Å². The fourth-order valence-electron chi connectivity index (χ4n) is 3.04. The van der Waals surface area contributed by atoms with Gasteiger partial charge in [-0.3, -0.25) is 5.10 Å². The first-order chi connectivity index (χ1) is 11.8. The van der Waals surface area contributed by atoms with Gasteiger partial charge in [0.2, 0.25) is 0 Å². The predicted octanol–water partition coefficient (Wildman–Crippen LogP) is 3.69. The summed E-state index contributed by atoms with van der Waals surface area (Å²) in [4.78, 5) is 0. The summed E-state index contributed by atoms with van der Waals surface area (Å²) in [5.74, 6) is 1.62. The molecule has 5 nitrogen and oxygen atoms in total. The van der Waals surface area contributed by atoms with E-state index in [0.29, 0.717) is 6.61 Å². The van der Waals surface area contributed by atoms with Crippen molar-refractivity contribution in [1.29, 1.82) is 0 Å². The zero-order valence-corrected chi connectivity index (χ0v) is 14.7. The van der Waals surface area contributed by atoms with Crippen molar-refractivity contribution >= 4 is 0 Å². The van der Waals surface area contributed by atoms with Crippen molar-refractivity contribution in [2.45, 2.75) is 46.1 Å². The number of aromatic nitrogens is 2. The molecule has 0 saturated carbocycles. The molecular formula is C19H27N3O2. The molecule has 0 unspecified atom stereocenters. The maximum absolute atomic E-state index is 5.91. The molecule has 1 aromatic carbocycles. The van der Waals surface area contributed by atoms with E-state index in [0.717, 1.165) is 55.3 Å². The number of fused-ring (bicyclic) bond motifs is 1. The minimum Gasteiger partial charge on any atom is -0.490 e. The third-order valence-electron chi connectivity index (χ3n) is 4.33. The molecule has 1 aromatic heterocycles. The average Bonchev–Trinajstić information content (AvgIpc) is 3.04. The molecule has 0 spiro atoms. The van der Waals surface area contributed by atoms with Gasteiger partial charge in [-0.2, -0.15) is 5.10 Å². The van der Waals surface area contributed by atoms with E-state index in [1.165, 1.54) is 24.1 Å². The largest absolute Gasteiger partial charge is 0.490 e. The number of nitrogens with zero attached hydrogens (tertiary/aromatic N) is 1. The Morgan fingerprint density at radius 1 is 1.12 bits per heavy atom. The first kappa shape index (κ1) is 16.8. The summed E-state index contributed by atoms with van der Waals surface area (Å²) in [5, 5.41) is 11.1. The van der Waals surface area contributed by atoms with Crippen LogP contribution in [0.5, 0.6) is 11.5 Å². The molecular weight excluding hydrogens is 302 g/mol. The van der Waals surface area contributed by atoms with Crippen LogP contribution in [0, 0.1) is 0 Å². The fourth-order valence-corrected chi connectivity index (χ4v) is 3.04. The smallest absolute Gasteiger partial charge is 0.161 e. The lowest BCUT2D eigenvalue weighted by atomic mass is 10.0. The molecule has 0 fully saturated rings. The number of hydrogen-bond donors (Lipinski definition) is 2. The molecule has 0 amide bonds. The van der Waals surface area contributed by atoms with E-state index in [2.05, 4.69) is 28.5 Å². The van der Waals surface area contributed by atoms with Crippen molar-refractivity contribution in [3.8, 4) is 22.8 Å². The topological polar surface area (TPSA) is 59.2 Å². The van der Waals surface area contributed by atoms with Crippen LogP contribution in [0.25, 0.3) is 11.3 Å². The lowest BCUT2D eigenvalue weighted by molar-refractivity contribution is 0.271. The monoisotopic (exact) mass is 329 g/mol. The molecule has 0 atom stereocenters. The Morgan fingerprint density at radius 2 is 2.04 bits per heavy atom. The molecule has 130 valence electrons. The first-order valence-corrected chi connectivity index (χ1v) is 9.00. The van der Waals surface area contributed by atoms with Gasteiger partial charge >= 0.3 is 0 Å². The van der Waals surface area contributed by atoms with Crippen LogP contribution in [0.3, 0.4) is 0 Å². The van der Waals surface area contributed by atoms with Gasteiger partial charge in [-0.1, -0.05) is 19.8 Å².